The lowest BCUT2D eigenvalue weighted by Gasteiger charge is -2.21. The zero-order valence-corrected chi connectivity index (χ0v) is 16.5. The largest absolute Gasteiger partial charge is 0.496 e. The fraction of sp³-hybridized carbons (Fsp3) is 0.450. The zero-order valence-electron chi connectivity index (χ0n) is 15.7. The van der Waals surface area contributed by atoms with E-state index >= 15 is 0 Å². The maximum Gasteiger partial charge on any atom is 0.321 e. The van der Waals surface area contributed by atoms with Crippen LogP contribution in [-0.4, -0.2) is 42.8 Å². The fourth-order valence-electron chi connectivity index (χ4n) is 3.72. The maximum absolute atomic E-state index is 12.9. The molecule has 3 rings (SSSR count). The van der Waals surface area contributed by atoms with Crippen LogP contribution >= 0.6 is 11.3 Å². The predicted molar refractivity (Wildman–Crippen MR) is 105 cm³/mol. The molecule has 2 amide bonds. The van der Waals surface area contributed by atoms with E-state index in [0.29, 0.717) is 13.1 Å². The van der Waals surface area contributed by atoms with Crippen molar-refractivity contribution >= 4 is 23.1 Å². The van der Waals surface area contributed by atoms with Crippen LogP contribution in [0.3, 0.4) is 0 Å². The van der Waals surface area contributed by atoms with Crippen molar-refractivity contribution in [2.75, 3.05) is 32.1 Å². The fourth-order valence-corrected chi connectivity index (χ4v) is 4.45. The lowest BCUT2D eigenvalue weighted by Crippen LogP contribution is -2.34. The summed E-state index contributed by atoms with van der Waals surface area (Å²) in [7, 11) is 1.66. The van der Waals surface area contributed by atoms with E-state index in [0.717, 1.165) is 28.1 Å². The summed E-state index contributed by atoms with van der Waals surface area (Å²) < 4.78 is 5.40. The molecule has 2 aromatic rings. The molecule has 1 aromatic carbocycles. The number of aliphatic hydroxyl groups excluding tert-OH is 1. The molecule has 0 bridgehead atoms. The van der Waals surface area contributed by atoms with Crippen LogP contribution in [0.1, 0.15) is 28.2 Å². The molecule has 0 spiro atoms. The second kappa shape index (κ2) is 7.68. The van der Waals surface area contributed by atoms with Gasteiger partial charge in [0.25, 0.3) is 0 Å². The highest BCUT2D eigenvalue weighted by molar-refractivity contribution is 7.08. The van der Waals surface area contributed by atoms with Crippen LogP contribution in [0.15, 0.2) is 22.9 Å². The number of hydrogen-bond donors (Lipinski definition) is 2. The number of thiophene rings is 1. The molecule has 0 unspecified atom stereocenters. The van der Waals surface area contributed by atoms with Crippen molar-refractivity contribution in [2.45, 2.75) is 26.7 Å². The molecule has 1 saturated heterocycles. The lowest BCUT2D eigenvalue weighted by atomic mass is 9.92. The van der Waals surface area contributed by atoms with Gasteiger partial charge in [-0.3, -0.25) is 0 Å². The number of carbonyl (C=O) groups is 1. The van der Waals surface area contributed by atoms with Crippen molar-refractivity contribution in [1.29, 1.82) is 0 Å². The first-order valence-electron chi connectivity index (χ1n) is 8.79. The highest BCUT2D eigenvalue weighted by Gasteiger charge is 2.36. The van der Waals surface area contributed by atoms with Crippen LogP contribution in [0, 0.1) is 26.7 Å². The van der Waals surface area contributed by atoms with Gasteiger partial charge < -0.3 is 20.1 Å². The van der Waals surface area contributed by atoms with Gasteiger partial charge in [0, 0.05) is 37.2 Å². The first-order chi connectivity index (χ1) is 12.5. The van der Waals surface area contributed by atoms with Gasteiger partial charge in [-0.05, 0) is 65.9 Å². The normalized spacial score (nSPS) is 19.7. The summed E-state index contributed by atoms with van der Waals surface area (Å²) in [5.41, 5.74) is 5.07. The van der Waals surface area contributed by atoms with Crippen molar-refractivity contribution in [1.82, 2.24) is 4.90 Å². The van der Waals surface area contributed by atoms with E-state index in [1.165, 1.54) is 5.56 Å². The van der Waals surface area contributed by atoms with Crippen molar-refractivity contribution in [2.24, 2.45) is 5.92 Å². The molecule has 26 heavy (non-hydrogen) atoms. The Morgan fingerprint density at radius 3 is 2.73 bits per heavy atom. The molecule has 1 fully saturated rings. The van der Waals surface area contributed by atoms with Crippen LogP contribution in [0.4, 0.5) is 10.5 Å². The Kier molecular flexibility index (Phi) is 5.53. The number of aliphatic hydroxyl groups is 1. The molecule has 2 heterocycles. The lowest BCUT2D eigenvalue weighted by molar-refractivity contribution is 0.206. The summed E-state index contributed by atoms with van der Waals surface area (Å²) in [4.78, 5) is 14.7. The topological polar surface area (TPSA) is 61.8 Å². The van der Waals surface area contributed by atoms with Crippen LogP contribution in [-0.2, 0) is 0 Å². The molecule has 5 nitrogen and oxygen atoms in total. The minimum Gasteiger partial charge on any atom is -0.496 e. The maximum atomic E-state index is 12.9. The molecule has 6 heteroatoms. The van der Waals surface area contributed by atoms with Gasteiger partial charge in [-0.1, -0.05) is 0 Å². The van der Waals surface area contributed by atoms with E-state index in [9.17, 15) is 9.90 Å². The SMILES string of the molecule is COc1cc(C)c(NC(=O)N2C[C@@H](CO)[C@H](c3ccsc3)C2)c(C)c1C. The van der Waals surface area contributed by atoms with Crippen LogP contribution < -0.4 is 10.1 Å². The summed E-state index contributed by atoms with van der Waals surface area (Å²) in [5.74, 6) is 1.10. The highest BCUT2D eigenvalue weighted by atomic mass is 32.1. The average molecular weight is 375 g/mol. The van der Waals surface area contributed by atoms with Gasteiger partial charge in [-0.25, -0.2) is 4.79 Å². The van der Waals surface area contributed by atoms with Crippen molar-refractivity contribution in [3.8, 4) is 5.75 Å². The number of hydrogen-bond acceptors (Lipinski definition) is 4. The zero-order chi connectivity index (χ0) is 18.8. The minimum atomic E-state index is -0.114. The van der Waals surface area contributed by atoms with Gasteiger partial charge >= 0.3 is 6.03 Å². The van der Waals surface area contributed by atoms with Gasteiger partial charge in [0.15, 0.2) is 0 Å². The third kappa shape index (κ3) is 3.44. The number of likely N-dealkylation sites (tertiary alicyclic amines) is 1. The molecule has 0 aliphatic carbocycles. The molecular weight excluding hydrogens is 348 g/mol. The number of nitrogens with zero attached hydrogens (tertiary/aromatic N) is 1. The first-order valence-corrected chi connectivity index (χ1v) is 9.74. The van der Waals surface area contributed by atoms with Gasteiger partial charge in [0.1, 0.15) is 5.75 Å². The molecule has 2 N–H and O–H groups in total. The number of benzene rings is 1. The first kappa shape index (κ1) is 18.7. The standard InChI is InChI=1S/C20H26N2O3S/c1-12-7-18(25-4)13(2)14(3)19(12)21-20(24)22-8-16(10-23)17(9-22)15-5-6-26-11-15/h5-7,11,16-17,23H,8-10H2,1-4H3,(H,21,24)/t16-,17-/m0/s1. The molecule has 1 aliphatic heterocycles. The smallest absolute Gasteiger partial charge is 0.321 e. The third-order valence-corrected chi connectivity index (χ3v) is 6.14. The van der Waals surface area contributed by atoms with E-state index in [-0.39, 0.29) is 24.5 Å². The van der Waals surface area contributed by atoms with Crippen LogP contribution in [0.25, 0.3) is 0 Å². The number of nitrogens with one attached hydrogen (secondary N) is 1. The molecule has 2 atom stereocenters. The predicted octanol–water partition coefficient (Wildman–Crippen LogP) is 3.92. The second-order valence-electron chi connectivity index (χ2n) is 6.96. The van der Waals surface area contributed by atoms with E-state index in [1.54, 1.807) is 18.4 Å². The number of amides is 2. The second-order valence-corrected chi connectivity index (χ2v) is 7.74. The van der Waals surface area contributed by atoms with Gasteiger partial charge in [-0.15, -0.1) is 0 Å². The molecule has 0 radical (unpaired) electrons. The van der Waals surface area contributed by atoms with E-state index < -0.39 is 0 Å². The van der Waals surface area contributed by atoms with E-state index in [4.69, 9.17) is 4.74 Å². The number of urea groups is 1. The van der Waals surface area contributed by atoms with Crippen LogP contribution in [0.2, 0.25) is 0 Å². The Balaban J connectivity index is 1.78. The minimum absolute atomic E-state index is 0.0788. The number of methoxy groups -OCH3 is 1. The molecule has 1 aromatic heterocycles. The Bertz CT molecular complexity index is 789. The summed E-state index contributed by atoms with van der Waals surface area (Å²) >= 11 is 1.65. The van der Waals surface area contributed by atoms with Crippen LogP contribution in [0.5, 0.6) is 5.75 Å². The summed E-state index contributed by atoms with van der Waals surface area (Å²) in [6.45, 7) is 7.24. The summed E-state index contributed by atoms with van der Waals surface area (Å²) in [6, 6.07) is 3.92. The van der Waals surface area contributed by atoms with Gasteiger partial charge in [-0.2, -0.15) is 11.3 Å². The molecule has 140 valence electrons. The number of ether oxygens (including phenoxy) is 1. The average Bonchev–Trinajstić information content (AvgIpc) is 3.30. The number of anilines is 1. The summed E-state index contributed by atoms with van der Waals surface area (Å²) in [6.07, 6.45) is 0. The Hall–Kier alpha value is -2.05. The number of aryl methyl sites for hydroxylation is 1. The number of rotatable bonds is 4. The quantitative estimate of drug-likeness (QED) is 0.853. The molecule has 1 aliphatic rings. The van der Waals surface area contributed by atoms with E-state index in [2.05, 4.69) is 16.8 Å². The van der Waals surface area contributed by atoms with E-state index in [1.807, 2.05) is 37.1 Å². The molecular formula is C20H26N2O3S. The highest BCUT2D eigenvalue weighted by Crippen LogP contribution is 2.35. The Morgan fingerprint density at radius 1 is 1.35 bits per heavy atom. The summed E-state index contributed by atoms with van der Waals surface area (Å²) in [5, 5.41) is 17.0. The Morgan fingerprint density at radius 2 is 2.12 bits per heavy atom. The van der Waals surface area contributed by atoms with Crippen molar-refractivity contribution in [3.63, 3.8) is 0 Å². The third-order valence-electron chi connectivity index (χ3n) is 5.43. The van der Waals surface area contributed by atoms with Crippen molar-refractivity contribution < 1.29 is 14.6 Å². The van der Waals surface area contributed by atoms with Gasteiger partial charge in [0.05, 0.1) is 7.11 Å². The van der Waals surface area contributed by atoms with Gasteiger partial charge in [0.2, 0.25) is 0 Å². The number of carbonyl (C=O) groups excluding carboxylic acids is 1. The monoisotopic (exact) mass is 374 g/mol. The van der Waals surface area contributed by atoms with Crippen molar-refractivity contribution in [3.05, 3.63) is 45.1 Å². The molecule has 0 saturated carbocycles. The Labute approximate surface area is 158 Å².